The highest BCUT2D eigenvalue weighted by molar-refractivity contribution is 6.27. The lowest BCUT2D eigenvalue weighted by atomic mass is 9.97. The van der Waals surface area contributed by atoms with E-state index in [4.69, 9.17) is 4.74 Å². The maximum atomic E-state index is 13.0. The van der Waals surface area contributed by atoms with Gasteiger partial charge in [-0.3, -0.25) is 14.4 Å². The van der Waals surface area contributed by atoms with Crippen LogP contribution in [0.5, 0.6) is 5.75 Å². The van der Waals surface area contributed by atoms with Crippen LogP contribution in [0.2, 0.25) is 0 Å². The largest absolute Gasteiger partial charge is 0.487 e. The summed E-state index contributed by atoms with van der Waals surface area (Å²) >= 11 is 0. The van der Waals surface area contributed by atoms with Crippen LogP contribution in [0.15, 0.2) is 54.6 Å². The van der Waals surface area contributed by atoms with Gasteiger partial charge in [-0.2, -0.15) is 0 Å². The molecule has 3 heterocycles. The maximum absolute atomic E-state index is 13.0. The molecule has 2 aromatic carbocycles. The van der Waals surface area contributed by atoms with Gasteiger partial charge in [0.1, 0.15) is 12.4 Å². The number of para-hydroxylation sites is 1. The Morgan fingerprint density at radius 1 is 1.12 bits per heavy atom. The van der Waals surface area contributed by atoms with Crippen LogP contribution in [0.1, 0.15) is 34.5 Å². The molecule has 2 aliphatic heterocycles. The van der Waals surface area contributed by atoms with Crippen molar-refractivity contribution in [2.24, 2.45) is 0 Å². The van der Waals surface area contributed by atoms with Crippen molar-refractivity contribution in [1.29, 1.82) is 0 Å². The van der Waals surface area contributed by atoms with E-state index in [1.807, 2.05) is 59.5 Å². The second-order valence-corrected chi connectivity index (χ2v) is 8.21. The number of pyridine rings is 1. The van der Waals surface area contributed by atoms with Gasteiger partial charge in [0, 0.05) is 29.1 Å². The zero-order valence-corrected chi connectivity index (χ0v) is 17.5. The van der Waals surface area contributed by atoms with Crippen molar-refractivity contribution in [3.8, 4) is 5.75 Å². The molecule has 1 aromatic heterocycles. The van der Waals surface area contributed by atoms with Crippen molar-refractivity contribution in [1.82, 2.24) is 15.2 Å². The number of benzene rings is 2. The first kappa shape index (κ1) is 20.3. The second kappa shape index (κ2) is 8.51. The smallest absolute Gasteiger partial charge is 0.254 e. The van der Waals surface area contributed by atoms with Crippen molar-refractivity contribution in [2.45, 2.75) is 38.1 Å². The zero-order valence-electron chi connectivity index (χ0n) is 17.5. The van der Waals surface area contributed by atoms with Crippen LogP contribution in [-0.2, 0) is 22.7 Å². The van der Waals surface area contributed by atoms with Gasteiger partial charge in [-0.1, -0.05) is 30.3 Å². The number of Topliss-reactive ketones (excluding diaryl/α,β-unsaturated/α-hetero) is 1. The van der Waals surface area contributed by atoms with E-state index in [2.05, 4.69) is 10.3 Å². The summed E-state index contributed by atoms with van der Waals surface area (Å²) in [5.74, 6) is 0.227. The molecule has 32 heavy (non-hydrogen) atoms. The van der Waals surface area contributed by atoms with E-state index in [0.717, 1.165) is 22.2 Å². The zero-order chi connectivity index (χ0) is 22.1. The molecule has 7 nitrogen and oxygen atoms in total. The lowest BCUT2D eigenvalue weighted by Crippen LogP contribution is -2.52. The average Bonchev–Trinajstić information content (AvgIpc) is 3.19. The average molecular weight is 429 g/mol. The number of nitrogens with one attached hydrogen (secondary N) is 1. The molecule has 1 fully saturated rings. The Morgan fingerprint density at radius 3 is 2.81 bits per heavy atom. The molecule has 2 unspecified atom stereocenters. The molecular weight excluding hydrogens is 406 g/mol. The molecule has 1 saturated heterocycles. The fourth-order valence-corrected chi connectivity index (χ4v) is 4.53. The highest BCUT2D eigenvalue weighted by atomic mass is 16.5. The number of amides is 1. The van der Waals surface area contributed by atoms with Crippen LogP contribution in [0.25, 0.3) is 10.9 Å². The van der Waals surface area contributed by atoms with Crippen molar-refractivity contribution in [3.05, 3.63) is 71.4 Å². The summed E-state index contributed by atoms with van der Waals surface area (Å²) in [6, 6.07) is 17.0. The van der Waals surface area contributed by atoms with Gasteiger partial charge in [-0.25, -0.2) is 4.98 Å². The maximum Gasteiger partial charge on any atom is 0.254 e. The van der Waals surface area contributed by atoms with Crippen LogP contribution < -0.4 is 10.1 Å². The Labute approximate surface area is 185 Å². The summed E-state index contributed by atoms with van der Waals surface area (Å²) in [6.07, 6.45) is 1.58. The van der Waals surface area contributed by atoms with E-state index in [1.165, 1.54) is 0 Å². The molecule has 0 radical (unpaired) electrons. The van der Waals surface area contributed by atoms with E-state index in [-0.39, 0.29) is 11.9 Å². The van der Waals surface area contributed by atoms with Gasteiger partial charge in [0.15, 0.2) is 6.29 Å². The standard InChI is InChI=1S/C25H23N3O4/c29-14-23(30)22-11-10-18(12-26-22)28-13-20-19(25(28)31)5-3-7-24(20)32-15-17-9-8-16-4-1-2-6-21(16)27-17/h1-9,14,18,22,26H,10-13,15H2. The highest BCUT2D eigenvalue weighted by Crippen LogP contribution is 2.34. The summed E-state index contributed by atoms with van der Waals surface area (Å²) < 4.78 is 6.09. The van der Waals surface area contributed by atoms with E-state index < -0.39 is 11.8 Å². The Kier molecular flexibility index (Phi) is 5.41. The minimum Gasteiger partial charge on any atom is -0.487 e. The predicted molar refractivity (Wildman–Crippen MR) is 118 cm³/mol. The van der Waals surface area contributed by atoms with Gasteiger partial charge < -0.3 is 15.0 Å². The number of hydrogen-bond donors (Lipinski definition) is 1. The van der Waals surface area contributed by atoms with Gasteiger partial charge in [-0.05, 0) is 37.1 Å². The van der Waals surface area contributed by atoms with Crippen LogP contribution in [0, 0.1) is 0 Å². The first-order valence-corrected chi connectivity index (χ1v) is 10.8. The lowest BCUT2D eigenvalue weighted by Gasteiger charge is -2.34. The molecule has 2 atom stereocenters. The van der Waals surface area contributed by atoms with Gasteiger partial charge in [0.2, 0.25) is 5.78 Å². The molecule has 2 aliphatic rings. The van der Waals surface area contributed by atoms with Crippen LogP contribution in [0.4, 0.5) is 0 Å². The lowest BCUT2D eigenvalue weighted by molar-refractivity contribution is -0.131. The molecule has 7 heteroatoms. The number of hydrogen-bond acceptors (Lipinski definition) is 6. The summed E-state index contributed by atoms with van der Waals surface area (Å²) in [5.41, 5.74) is 3.28. The molecule has 0 bridgehead atoms. The van der Waals surface area contributed by atoms with E-state index >= 15 is 0 Å². The molecule has 5 rings (SSSR count). The molecule has 0 aliphatic carbocycles. The van der Waals surface area contributed by atoms with Gasteiger partial charge >= 0.3 is 0 Å². The SMILES string of the molecule is O=CC(=O)C1CCC(N2Cc3c(OCc4ccc5ccccc5n4)cccc3C2=O)CN1. The quantitative estimate of drug-likeness (QED) is 0.479. The van der Waals surface area contributed by atoms with Gasteiger partial charge in [0.05, 0.1) is 23.8 Å². The third kappa shape index (κ3) is 3.76. The van der Waals surface area contributed by atoms with Crippen LogP contribution in [-0.4, -0.2) is 46.5 Å². The molecule has 3 aromatic rings. The Balaban J connectivity index is 1.29. The normalized spacial score (nSPS) is 20.2. The number of rotatable bonds is 6. The number of ketones is 1. The number of piperidine rings is 1. The third-order valence-electron chi connectivity index (χ3n) is 6.27. The topological polar surface area (TPSA) is 88.6 Å². The molecule has 0 saturated carbocycles. The van der Waals surface area contributed by atoms with E-state index in [0.29, 0.717) is 50.1 Å². The number of aromatic nitrogens is 1. The van der Waals surface area contributed by atoms with Gasteiger partial charge in [0.25, 0.3) is 5.91 Å². The number of carbonyl (C=O) groups excluding carboxylic acids is 3. The molecular formula is C25H23N3O4. The highest BCUT2D eigenvalue weighted by Gasteiger charge is 2.37. The summed E-state index contributed by atoms with van der Waals surface area (Å²) in [6.45, 7) is 1.27. The summed E-state index contributed by atoms with van der Waals surface area (Å²) in [7, 11) is 0. The first-order chi connectivity index (χ1) is 15.6. The fraction of sp³-hybridized carbons (Fsp3) is 0.280. The Hall–Kier alpha value is -3.58. The Bertz CT molecular complexity index is 1200. The number of fused-ring (bicyclic) bond motifs is 2. The summed E-state index contributed by atoms with van der Waals surface area (Å²) in [4.78, 5) is 41.9. The molecule has 0 spiro atoms. The van der Waals surface area contributed by atoms with Crippen LogP contribution >= 0.6 is 0 Å². The predicted octanol–water partition coefficient (Wildman–Crippen LogP) is 2.66. The van der Waals surface area contributed by atoms with Crippen molar-refractivity contribution >= 4 is 28.9 Å². The summed E-state index contributed by atoms with van der Waals surface area (Å²) in [5, 5.41) is 4.19. The molecule has 162 valence electrons. The van der Waals surface area contributed by atoms with Crippen molar-refractivity contribution < 1.29 is 19.1 Å². The monoisotopic (exact) mass is 429 g/mol. The van der Waals surface area contributed by atoms with Crippen molar-refractivity contribution in [2.75, 3.05) is 6.54 Å². The number of ether oxygens (including phenoxy) is 1. The second-order valence-electron chi connectivity index (χ2n) is 8.21. The minimum absolute atomic E-state index is 0.0266. The van der Waals surface area contributed by atoms with E-state index in [9.17, 15) is 14.4 Å². The Morgan fingerprint density at radius 2 is 2.00 bits per heavy atom. The number of nitrogens with zero attached hydrogens (tertiary/aromatic N) is 2. The molecule has 1 N–H and O–H groups in total. The molecule has 1 amide bonds. The first-order valence-electron chi connectivity index (χ1n) is 10.8. The number of aldehydes is 1. The number of carbonyl (C=O) groups is 3. The van der Waals surface area contributed by atoms with Crippen LogP contribution in [0.3, 0.4) is 0 Å². The minimum atomic E-state index is -0.447. The van der Waals surface area contributed by atoms with Gasteiger partial charge in [-0.15, -0.1) is 0 Å². The fourth-order valence-electron chi connectivity index (χ4n) is 4.53. The van der Waals surface area contributed by atoms with E-state index in [1.54, 1.807) is 0 Å². The third-order valence-corrected chi connectivity index (χ3v) is 6.27. The van der Waals surface area contributed by atoms with Crippen molar-refractivity contribution in [3.63, 3.8) is 0 Å².